The lowest BCUT2D eigenvalue weighted by Crippen LogP contribution is -2.50. The molecule has 1 aromatic carbocycles. The van der Waals surface area contributed by atoms with Gasteiger partial charge in [0.25, 0.3) is 0 Å². The average Bonchev–Trinajstić information content (AvgIpc) is 2.41. The Bertz CT molecular complexity index is 492. The molecule has 1 aliphatic rings. The van der Waals surface area contributed by atoms with Gasteiger partial charge in [0.2, 0.25) is 0 Å². The molecule has 104 valence electrons. The van der Waals surface area contributed by atoms with Gasteiger partial charge in [-0.25, -0.2) is 0 Å². The summed E-state index contributed by atoms with van der Waals surface area (Å²) in [5.74, 6) is 0.109. The van der Waals surface area contributed by atoms with Crippen molar-refractivity contribution in [1.29, 1.82) is 0 Å². The van der Waals surface area contributed by atoms with Crippen LogP contribution in [0.2, 0.25) is 5.02 Å². The molecule has 0 aliphatic carbocycles. The molecule has 6 heteroatoms. The third kappa shape index (κ3) is 2.93. The molecule has 5 nitrogen and oxygen atoms in total. The summed E-state index contributed by atoms with van der Waals surface area (Å²) < 4.78 is 0. The predicted molar refractivity (Wildman–Crippen MR) is 78.3 cm³/mol. The van der Waals surface area contributed by atoms with Crippen molar-refractivity contribution >= 4 is 23.1 Å². The van der Waals surface area contributed by atoms with Crippen molar-refractivity contribution in [2.24, 2.45) is 10.9 Å². The first kappa shape index (κ1) is 14.0. The summed E-state index contributed by atoms with van der Waals surface area (Å²) in [7, 11) is 2.12. The lowest BCUT2D eigenvalue weighted by atomic mass is 10.1. The number of amidine groups is 1. The maximum Gasteiger partial charge on any atom is 0.172 e. The van der Waals surface area contributed by atoms with Crippen LogP contribution >= 0.6 is 11.6 Å². The van der Waals surface area contributed by atoms with Crippen LogP contribution in [0.25, 0.3) is 0 Å². The third-order valence-corrected chi connectivity index (χ3v) is 3.88. The first-order valence-corrected chi connectivity index (χ1v) is 6.63. The molecule has 0 radical (unpaired) electrons. The number of anilines is 1. The van der Waals surface area contributed by atoms with Crippen LogP contribution in [0.3, 0.4) is 0 Å². The average molecular weight is 283 g/mol. The topological polar surface area (TPSA) is 65.1 Å². The van der Waals surface area contributed by atoms with E-state index in [-0.39, 0.29) is 5.84 Å². The molecule has 1 fully saturated rings. The first-order valence-electron chi connectivity index (χ1n) is 6.25. The van der Waals surface area contributed by atoms with E-state index in [2.05, 4.69) is 28.9 Å². The van der Waals surface area contributed by atoms with Crippen LogP contribution in [0, 0.1) is 0 Å². The van der Waals surface area contributed by atoms with E-state index in [4.69, 9.17) is 22.5 Å². The highest BCUT2D eigenvalue weighted by molar-refractivity contribution is 6.31. The van der Waals surface area contributed by atoms with Crippen LogP contribution in [0.5, 0.6) is 0 Å². The fraction of sp³-hybridized carbons (Fsp3) is 0.462. The summed E-state index contributed by atoms with van der Waals surface area (Å²) in [5, 5.41) is 12.6. The van der Waals surface area contributed by atoms with E-state index in [0.29, 0.717) is 16.6 Å². The number of likely N-dealkylation sites (N-methyl/N-ethyl adjacent to an activating group) is 1. The van der Waals surface area contributed by atoms with Crippen LogP contribution in [0.1, 0.15) is 12.5 Å². The van der Waals surface area contributed by atoms with Crippen molar-refractivity contribution in [1.82, 2.24) is 4.90 Å². The van der Waals surface area contributed by atoms with E-state index >= 15 is 0 Å². The molecule has 1 heterocycles. The zero-order chi connectivity index (χ0) is 14.0. The number of hydrogen-bond acceptors (Lipinski definition) is 4. The third-order valence-electron chi connectivity index (χ3n) is 3.64. The predicted octanol–water partition coefficient (Wildman–Crippen LogP) is 1.57. The van der Waals surface area contributed by atoms with Gasteiger partial charge in [-0.15, -0.1) is 0 Å². The first-order chi connectivity index (χ1) is 9.02. The van der Waals surface area contributed by atoms with Gasteiger partial charge in [0.05, 0.1) is 0 Å². The second-order valence-corrected chi connectivity index (χ2v) is 5.36. The fourth-order valence-corrected chi connectivity index (χ4v) is 2.47. The van der Waals surface area contributed by atoms with Gasteiger partial charge in [0, 0.05) is 41.9 Å². The van der Waals surface area contributed by atoms with Gasteiger partial charge in [0.15, 0.2) is 5.84 Å². The minimum atomic E-state index is 0.109. The standard InChI is InChI=1S/C13H19ClN4O/c1-9-8-18(6-5-17(9)2)12-7-10(14)3-4-11(12)13(15)16-19/h3-4,7,9,19H,5-6,8H2,1-2H3,(H2,15,16). The second-order valence-electron chi connectivity index (χ2n) is 4.92. The molecule has 1 aliphatic heterocycles. The van der Waals surface area contributed by atoms with Crippen molar-refractivity contribution < 1.29 is 5.21 Å². The zero-order valence-electron chi connectivity index (χ0n) is 11.2. The Morgan fingerprint density at radius 1 is 1.47 bits per heavy atom. The maximum absolute atomic E-state index is 8.88. The van der Waals surface area contributed by atoms with E-state index < -0.39 is 0 Å². The van der Waals surface area contributed by atoms with E-state index in [1.54, 1.807) is 12.1 Å². The lowest BCUT2D eigenvalue weighted by Gasteiger charge is -2.39. The Labute approximate surface area is 118 Å². The van der Waals surface area contributed by atoms with Gasteiger partial charge < -0.3 is 20.7 Å². The highest BCUT2D eigenvalue weighted by atomic mass is 35.5. The van der Waals surface area contributed by atoms with Crippen LogP contribution in [0.15, 0.2) is 23.4 Å². The van der Waals surface area contributed by atoms with Crippen LogP contribution in [0.4, 0.5) is 5.69 Å². The molecule has 0 bridgehead atoms. The summed E-state index contributed by atoms with van der Waals surface area (Å²) in [4.78, 5) is 4.54. The normalized spacial score (nSPS) is 21.7. The number of oxime groups is 1. The summed E-state index contributed by atoms with van der Waals surface area (Å²) in [5.41, 5.74) is 7.36. The highest BCUT2D eigenvalue weighted by Crippen LogP contribution is 2.26. The van der Waals surface area contributed by atoms with Crippen LogP contribution in [-0.4, -0.2) is 48.7 Å². The highest BCUT2D eigenvalue weighted by Gasteiger charge is 2.23. The molecule has 19 heavy (non-hydrogen) atoms. The van der Waals surface area contributed by atoms with Crippen molar-refractivity contribution in [2.45, 2.75) is 13.0 Å². The van der Waals surface area contributed by atoms with Crippen molar-refractivity contribution in [3.05, 3.63) is 28.8 Å². The Hall–Kier alpha value is -1.46. The van der Waals surface area contributed by atoms with Gasteiger partial charge in [-0.2, -0.15) is 0 Å². The lowest BCUT2D eigenvalue weighted by molar-refractivity contribution is 0.234. The largest absolute Gasteiger partial charge is 0.409 e. The molecule has 2 rings (SSSR count). The minimum absolute atomic E-state index is 0.109. The SMILES string of the molecule is CC1CN(c2cc(Cl)ccc2C(N)=NO)CCN1C. The monoisotopic (exact) mass is 282 g/mol. The molecular formula is C13H19ClN4O. The molecule has 3 N–H and O–H groups in total. The van der Waals surface area contributed by atoms with E-state index in [0.717, 1.165) is 25.3 Å². The molecule has 1 saturated heterocycles. The zero-order valence-corrected chi connectivity index (χ0v) is 11.9. The molecule has 0 spiro atoms. The Kier molecular flexibility index (Phi) is 4.17. The number of rotatable bonds is 2. The summed E-state index contributed by atoms with van der Waals surface area (Å²) in [6.07, 6.45) is 0. The maximum atomic E-state index is 8.88. The summed E-state index contributed by atoms with van der Waals surface area (Å²) in [6.45, 7) is 4.94. The van der Waals surface area contributed by atoms with Gasteiger partial charge in [-0.1, -0.05) is 16.8 Å². The molecule has 0 saturated carbocycles. The van der Waals surface area contributed by atoms with Crippen molar-refractivity contribution in [2.75, 3.05) is 31.6 Å². The number of halogens is 1. The second kappa shape index (κ2) is 5.67. The van der Waals surface area contributed by atoms with E-state index in [1.807, 2.05) is 6.07 Å². The van der Waals surface area contributed by atoms with E-state index in [9.17, 15) is 0 Å². The summed E-state index contributed by atoms with van der Waals surface area (Å²) in [6, 6.07) is 5.86. The quantitative estimate of drug-likeness (QED) is 0.374. The summed E-state index contributed by atoms with van der Waals surface area (Å²) >= 11 is 6.07. The molecule has 1 aromatic rings. The molecular weight excluding hydrogens is 264 g/mol. The van der Waals surface area contributed by atoms with Crippen LogP contribution in [-0.2, 0) is 0 Å². The van der Waals surface area contributed by atoms with Crippen LogP contribution < -0.4 is 10.6 Å². The molecule has 0 amide bonds. The number of benzene rings is 1. The van der Waals surface area contributed by atoms with E-state index in [1.165, 1.54) is 0 Å². The number of nitrogens with two attached hydrogens (primary N) is 1. The molecule has 1 unspecified atom stereocenters. The Balaban J connectivity index is 2.35. The van der Waals surface area contributed by atoms with Crippen molar-refractivity contribution in [3.63, 3.8) is 0 Å². The Morgan fingerprint density at radius 3 is 2.84 bits per heavy atom. The van der Waals surface area contributed by atoms with Gasteiger partial charge in [-0.05, 0) is 32.2 Å². The fourth-order valence-electron chi connectivity index (χ4n) is 2.30. The Morgan fingerprint density at radius 2 is 2.21 bits per heavy atom. The van der Waals surface area contributed by atoms with Gasteiger partial charge in [0.1, 0.15) is 0 Å². The minimum Gasteiger partial charge on any atom is -0.409 e. The molecule has 0 aromatic heterocycles. The number of nitrogens with zero attached hydrogens (tertiary/aromatic N) is 3. The molecule has 1 atom stereocenters. The number of piperazine rings is 1. The number of hydrogen-bond donors (Lipinski definition) is 2. The van der Waals surface area contributed by atoms with Gasteiger partial charge >= 0.3 is 0 Å². The van der Waals surface area contributed by atoms with Crippen molar-refractivity contribution in [3.8, 4) is 0 Å². The smallest absolute Gasteiger partial charge is 0.172 e. The van der Waals surface area contributed by atoms with Gasteiger partial charge in [-0.3, -0.25) is 0 Å².